The third-order valence-electron chi connectivity index (χ3n) is 4.96. The zero-order valence-corrected chi connectivity index (χ0v) is 13.8. The largest absolute Gasteiger partial charge is 0.594 e. The Labute approximate surface area is 140 Å². The fraction of sp³-hybridized carbons (Fsp3) is 0.625. The molecule has 23 heavy (non-hydrogen) atoms. The number of benzene rings is 1. The maximum absolute atomic E-state index is 12.3. The number of azo groups is 1. The number of hydrogen-bond acceptors (Lipinski definition) is 5. The van der Waals surface area contributed by atoms with E-state index in [-0.39, 0.29) is 12.2 Å². The Kier molecular flexibility index (Phi) is 4.24. The van der Waals surface area contributed by atoms with Gasteiger partial charge in [0.15, 0.2) is 6.04 Å². The molecule has 0 bridgehead atoms. The molecule has 0 radical (unpaired) electrons. The summed E-state index contributed by atoms with van der Waals surface area (Å²) in [5, 5.41) is 17.2. The van der Waals surface area contributed by atoms with E-state index < -0.39 is 0 Å². The summed E-state index contributed by atoms with van der Waals surface area (Å²) in [5.74, 6) is 0. The Morgan fingerprint density at radius 3 is 2.61 bits per heavy atom. The van der Waals surface area contributed by atoms with Crippen molar-refractivity contribution in [3.63, 3.8) is 0 Å². The Bertz CT molecular complexity index is 612. The second-order valence-electron chi connectivity index (χ2n) is 6.34. The van der Waals surface area contributed by atoms with Crippen LogP contribution in [-0.4, -0.2) is 60.2 Å². The van der Waals surface area contributed by atoms with Gasteiger partial charge in [0.05, 0.1) is 24.9 Å². The van der Waals surface area contributed by atoms with Crippen LogP contribution in [0.25, 0.3) is 0 Å². The first-order valence-corrected chi connectivity index (χ1v) is 8.65. The normalized spacial score (nSPS) is 27.0. The third-order valence-corrected chi connectivity index (χ3v) is 5.20. The average molecular weight is 337 g/mol. The summed E-state index contributed by atoms with van der Waals surface area (Å²) in [4.78, 5) is 5.63. The van der Waals surface area contributed by atoms with Gasteiger partial charge in [0, 0.05) is 24.2 Å². The van der Waals surface area contributed by atoms with Crippen LogP contribution in [0, 0.1) is 5.21 Å². The highest BCUT2D eigenvalue weighted by molar-refractivity contribution is 6.30. The standard InChI is InChI=1S/C16H21ClN4O2/c17-12-3-4-13-14(11-12)21(22)18-15(13)16(19-5-1-2-6-19)20-7-9-23-10-8-20/h3-4,11,15-16H,1-2,5-10H2. The minimum Gasteiger partial charge on any atom is -0.594 e. The zero-order valence-electron chi connectivity index (χ0n) is 13.0. The summed E-state index contributed by atoms with van der Waals surface area (Å²) in [6.07, 6.45) is 2.55. The highest BCUT2D eigenvalue weighted by Crippen LogP contribution is 2.41. The number of ether oxygens (including phenoxy) is 1. The molecule has 124 valence electrons. The van der Waals surface area contributed by atoms with Gasteiger partial charge in [-0.2, -0.15) is 0 Å². The van der Waals surface area contributed by atoms with Crippen LogP contribution < -0.4 is 0 Å². The topological polar surface area (TPSA) is 54.1 Å². The molecule has 1 aromatic rings. The zero-order chi connectivity index (χ0) is 15.8. The van der Waals surface area contributed by atoms with Crippen LogP contribution in [-0.2, 0) is 4.74 Å². The molecule has 6 nitrogen and oxygen atoms in total. The Hall–Kier alpha value is -1.21. The van der Waals surface area contributed by atoms with Crippen LogP contribution in [0.15, 0.2) is 23.3 Å². The van der Waals surface area contributed by atoms with Crippen molar-refractivity contribution in [3.8, 4) is 0 Å². The number of fused-ring (bicyclic) bond motifs is 1. The second kappa shape index (κ2) is 6.36. The number of likely N-dealkylation sites (tertiary alicyclic amines) is 1. The van der Waals surface area contributed by atoms with Gasteiger partial charge >= 0.3 is 0 Å². The predicted octanol–water partition coefficient (Wildman–Crippen LogP) is 2.74. The van der Waals surface area contributed by atoms with Gasteiger partial charge in [0.1, 0.15) is 0 Å². The van der Waals surface area contributed by atoms with E-state index in [1.54, 1.807) is 6.07 Å². The molecule has 3 aliphatic rings. The van der Waals surface area contributed by atoms with E-state index in [9.17, 15) is 5.21 Å². The second-order valence-corrected chi connectivity index (χ2v) is 6.78. The lowest BCUT2D eigenvalue weighted by Crippen LogP contribution is -2.53. The van der Waals surface area contributed by atoms with E-state index in [1.807, 2.05) is 12.1 Å². The highest BCUT2D eigenvalue weighted by Gasteiger charge is 2.43. The lowest BCUT2D eigenvalue weighted by Gasteiger charge is -2.40. The molecule has 4 rings (SSSR count). The third kappa shape index (κ3) is 2.85. The lowest BCUT2D eigenvalue weighted by atomic mass is 10.0. The molecule has 7 heteroatoms. The average Bonchev–Trinajstić information content (AvgIpc) is 3.19. The number of rotatable bonds is 3. The minimum absolute atomic E-state index is 0.125. The molecule has 1 aromatic carbocycles. The number of halogens is 1. The van der Waals surface area contributed by atoms with Gasteiger partial charge in [-0.15, -0.1) is 0 Å². The van der Waals surface area contributed by atoms with Gasteiger partial charge in [0.25, 0.3) is 5.69 Å². The Morgan fingerprint density at radius 2 is 1.87 bits per heavy atom. The molecule has 0 amide bonds. The van der Waals surface area contributed by atoms with Crippen LogP contribution in [0.1, 0.15) is 24.4 Å². The van der Waals surface area contributed by atoms with E-state index in [4.69, 9.17) is 16.3 Å². The molecule has 0 spiro atoms. The molecule has 2 fully saturated rings. The summed E-state index contributed by atoms with van der Waals surface area (Å²) in [5.41, 5.74) is 1.56. The molecule has 3 heterocycles. The van der Waals surface area contributed by atoms with Gasteiger partial charge in [-0.25, -0.2) is 0 Å². The molecular formula is C16H21ClN4O2. The van der Waals surface area contributed by atoms with E-state index in [2.05, 4.69) is 14.9 Å². The highest BCUT2D eigenvalue weighted by atomic mass is 35.5. The van der Waals surface area contributed by atoms with Gasteiger partial charge < -0.3 is 9.94 Å². The van der Waals surface area contributed by atoms with Crippen LogP contribution in [0.5, 0.6) is 0 Å². The number of nitrogens with zero attached hydrogens (tertiary/aromatic N) is 4. The molecule has 2 saturated heterocycles. The smallest absolute Gasteiger partial charge is 0.251 e. The SMILES string of the molecule is [O-][N+]1=NC(C(N2CCCC2)N2CCOCC2)c2ccc(Cl)cc21. The fourth-order valence-corrected chi connectivity index (χ4v) is 4.04. The summed E-state index contributed by atoms with van der Waals surface area (Å²) >= 11 is 6.05. The Morgan fingerprint density at radius 1 is 1.17 bits per heavy atom. The Balaban J connectivity index is 1.69. The van der Waals surface area contributed by atoms with Crippen LogP contribution in [0.2, 0.25) is 5.02 Å². The van der Waals surface area contributed by atoms with Crippen LogP contribution in [0.4, 0.5) is 5.69 Å². The summed E-state index contributed by atoms with van der Waals surface area (Å²) in [6.45, 7) is 5.38. The first-order chi connectivity index (χ1) is 11.2. The molecular weight excluding hydrogens is 316 g/mol. The molecule has 3 aliphatic heterocycles. The van der Waals surface area contributed by atoms with Crippen molar-refractivity contribution in [2.24, 2.45) is 5.11 Å². The molecule has 0 aliphatic carbocycles. The van der Waals surface area contributed by atoms with Crippen molar-refractivity contribution < 1.29 is 9.60 Å². The van der Waals surface area contributed by atoms with Gasteiger partial charge in [-0.3, -0.25) is 9.80 Å². The summed E-state index contributed by atoms with van der Waals surface area (Å²) in [7, 11) is 0. The van der Waals surface area contributed by atoms with Crippen molar-refractivity contribution in [1.82, 2.24) is 9.80 Å². The van der Waals surface area contributed by atoms with Crippen molar-refractivity contribution in [1.29, 1.82) is 0 Å². The number of hydrogen-bond donors (Lipinski definition) is 0. The van der Waals surface area contributed by atoms with E-state index in [1.165, 1.54) is 12.8 Å². The summed E-state index contributed by atoms with van der Waals surface area (Å²) in [6, 6.07) is 5.36. The van der Waals surface area contributed by atoms with Crippen LogP contribution in [0.3, 0.4) is 0 Å². The van der Waals surface area contributed by atoms with Gasteiger partial charge in [-0.1, -0.05) is 16.5 Å². The molecule has 0 saturated carbocycles. The molecule has 2 unspecified atom stereocenters. The van der Waals surface area contributed by atoms with Crippen LogP contribution >= 0.6 is 11.6 Å². The fourth-order valence-electron chi connectivity index (χ4n) is 3.87. The van der Waals surface area contributed by atoms with Crippen molar-refractivity contribution in [2.75, 3.05) is 39.4 Å². The lowest BCUT2D eigenvalue weighted by molar-refractivity contribution is -0.438. The first kappa shape index (κ1) is 15.3. The summed E-state index contributed by atoms with van der Waals surface area (Å²) < 4.78 is 5.50. The molecule has 0 N–H and O–H groups in total. The maximum Gasteiger partial charge on any atom is 0.251 e. The van der Waals surface area contributed by atoms with Crippen molar-refractivity contribution in [2.45, 2.75) is 25.0 Å². The molecule has 0 aromatic heterocycles. The van der Waals surface area contributed by atoms with Crippen molar-refractivity contribution in [3.05, 3.63) is 34.0 Å². The monoisotopic (exact) mass is 336 g/mol. The minimum atomic E-state index is -0.157. The molecule has 2 atom stereocenters. The maximum atomic E-state index is 12.3. The van der Waals surface area contributed by atoms with Gasteiger partial charge in [0.2, 0.25) is 0 Å². The van der Waals surface area contributed by atoms with E-state index in [0.29, 0.717) is 10.7 Å². The predicted molar refractivity (Wildman–Crippen MR) is 86.9 cm³/mol. The van der Waals surface area contributed by atoms with E-state index in [0.717, 1.165) is 49.8 Å². The van der Waals surface area contributed by atoms with Crippen molar-refractivity contribution >= 4 is 17.3 Å². The van der Waals surface area contributed by atoms with E-state index >= 15 is 0 Å². The van der Waals surface area contributed by atoms with Gasteiger partial charge in [-0.05, 0) is 43.2 Å². The quantitative estimate of drug-likeness (QED) is 0.629. The first-order valence-electron chi connectivity index (χ1n) is 8.27. The number of morpholine rings is 1.